The summed E-state index contributed by atoms with van der Waals surface area (Å²) >= 11 is 0. The molecule has 17 heavy (non-hydrogen) atoms. The Kier molecular flexibility index (Phi) is 4.95. The zero-order chi connectivity index (χ0) is 12.8. The zero-order valence-electron chi connectivity index (χ0n) is 10.4. The van der Waals surface area contributed by atoms with Gasteiger partial charge in [-0.05, 0) is 18.8 Å². The normalized spacial score (nSPS) is 16.7. The van der Waals surface area contributed by atoms with Gasteiger partial charge >= 0.3 is 0 Å². The monoisotopic (exact) mass is 237 g/mol. The van der Waals surface area contributed by atoms with E-state index in [4.69, 9.17) is 5.26 Å². The Morgan fingerprint density at radius 1 is 1.35 bits per heavy atom. The molecule has 1 rings (SSSR count). The lowest BCUT2D eigenvalue weighted by Gasteiger charge is -2.17. The largest absolute Gasteiger partial charge is 0.346 e. The summed E-state index contributed by atoms with van der Waals surface area (Å²) in [5.74, 6) is -1.13. The lowest BCUT2D eigenvalue weighted by molar-refractivity contribution is -0.133. The molecule has 1 unspecified atom stereocenters. The van der Waals surface area contributed by atoms with E-state index >= 15 is 0 Å². The van der Waals surface area contributed by atoms with Crippen LogP contribution in [0.2, 0.25) is 0 Å². The molecule has 2 amide bonds. The summed E-state index contributed by atoms with van der Waals surface area (Å²) in [6, 6.07) is 1.96. The molecule has 1 aliphatic heterocycles. The van der Waals surface area contributed by atoms with E-state index in [9.17, 15) is 9.59 Å². The number of carbonyl (C=O) groups is 2. The van der Waals surface area contributed by atoms with Gasteiger partial charge in [0.2, 0.25) is 11.8 Å². The van der Waals surface area contributed by atoms with Gasteiger partial charge in [-0.25, -0.2) is 0 Å². The van der Waals surface area contributed by atoms with Crippen LogP contribution in [0.15, 0.2) is 0 Å². The fraction of sp³-hybridized carbons (Fsp3) is 0.750. The van der Waals surface area contributed by atoms with E-state index in [1.807, 2.05) is 19.9 Å². The van der Waals surface area contributed by atoms with Crippen molar-refractivity contribution in [3.8, 4) is 6.07 Å². The molecule has 94 valence electrons. The summed E-state index contributed by atoms with van der Waals surface area (Å²) in [7, 11) is 0. The summed E-state index contributed by atoms with van der Waals surface area (Å²) < 4.78 is 0. The maximum Gasteiger partial charge on any atom is 0.241 e. The number of nitriles is 1. The lowest BCUT2D eigenvalue weighted by Crippen LogP contribution is -2.41. The van der Waals surface area contributed by atoms with Crippen molar-refractivity contribution < 1.29 is 9.59 Å². The number of hydrogen-bond acceptors (Lipinski definition) is 3. The summed E-state index contributed by atoms with van der Waals surface area (Å²) in [6.07, 6.45) is 2.07. The minimum atomic E-state index is -0.679. The van der Waals surface area contributed by atoms with Crippen molar-refractivity contribution >= 4 is 11.8 Å². The van der Waals surface area contributed by atoms with Gasteiger partial charge < -0.3 is 10.2 Å². The van der Waals surface area contributed by atoms with E-state index in [1.165, 1.54) is 0 Å². The fourth-order valence-electron chi connectivity index (χ4n) is 1.86. The van der Waals surface area contributed by atoms with Gasteiger partial charge in [-0.15, -0.1) is 0 Å². The first-order chi connectivity index (χ1) is 8.06. The second-order valence-corrected chi connectivity index (χ2v) is 4.66. The lowest BCUT2D eigenvalue weighted by atomic mass is 9.97. The van der Waals surface area contributed by atoms with Gasteiger partial charge in [-0.1, -0.05) is 13.8 Å². The van der Waals surface area contributed by atoms with Gasteiger partial charge in [0, 0.05) is 13.1 Å². The number of carbonyl (C=O) groups excluding carboxylic acids is 2. The first-order valence-electron chi connectivity index (χ1n) is 6.01. The second-order valence-electron chi connectivity index (χ2n) is 4.66. The molecule has 0 spiro atoms. The molecule has 1 fully saturated rings. The van der Waals surface area contributed by atoms with Crippen molar-refractivity contribution in [3.05, 3.63) is 0 Å². The number of hydrogen-bond donors (Lipinski definition) is 1. The molecule has 5 nitrogen and oxygen atoms in total. The Bertz CT molecular complexity index is 327. The minimum absolute atomic E-state index is 0.00370. The van der Waals surface area contributed by atoms with E-state index in [-0.39, 0.29) is 24.3 Å². The SMILES string of the molecule is CC(C)C(C#N)C(=O)NCC(=O)N1CCCC1. The van der Waals surface area contributed by atoms with Crippen molar-refractivity contribution in [2.24, 2.45) is 11.8 Å². The van der Waals surface area contributed by atoms with Crippen LogP contribution in [0.3, 0.4) is 0 Å². The fourth-order valence-corrected chi connectivity index (χ4v) is 1.86. The van der Waals surface area contributed by atoms with Crippen LogP contribution in [0.4, 0.5) is 0 Å². The molecule has 0 aromatic carbocycles. The predicted molar refractivity (Wildman–Crippen MR) is 62.8 cm³/mol. The molecule has 1 aliphatic rings. The number of likely N-dealkylation sites (tertiary alicyclic amines) is 1. The smallest absolute Gasteiger partial charge is 0.241 e. The van der Waals surface area contributed by atoms with Crippen LogP contribution in [-0.2, 0) is 9.59 Å². The molecule has 1 saturated heterocycles. The van der Waals surface area contributed by atoms with Crippen LogP contribution < -0.4 is 5.32 Å². The van der Waals surface area contributed by atoms with Crippen LogP contribution in [0.25, 0.3) is 0 Å². The van der Waals surface area contributed by atoms with Gasteiger partial charge in [-0.3, -0.25) is 9.59 Å². The topological polar surface area (TPSA) is 73.2 Å². The number of amides is 2. The van der Waals surface area contributed by atoms with Crippen LogP contribution >= 0.6 is 0 Å². The van der Waals surface area contributed by atoms with Crippen LogP contribution in [0, 0.1) is 23.2 Å². The quantitative estimate of drug-likeness (QED) is 0.774. The van der Waals surface area contributed by atoms with Gasteiger partial charge in [0.15, 0.2) is 0 Å². The van der Waals surface area contributed by atoms with Crippen molar-refractivity contribution in [1.29, 1.82) is 5.26 Å². The average molecular weight is 237 g/mol. The van der Waals surface area contributed by atoms with Crippen LogP contribution in [0.5, 0.6) is 0 Å². The Morgan fingerprint density at radius 2 is 1.94 bits per heavy atom. The van der Waals surface area contributed by atoms with Crippen molar-refractivity contribution in [2.75, 3.05) is 19.6 Å². The number of rotatable bonds is 4. The van der Waals surface area contributed by atoms with Gasteiger partial charge in [0.1, 0.15) is 5.92 Å². The molecule has 0 radical (unpaired) electrons. The second kappa shape index (κ2) is 6.24. The maximum absolute atomic E-state index is 11.7. The van der Waals surface area contributed by atoms with E-state index in [1.54, 1.807) is 4.90 Å². The minimum Gasteiger partial charge on any atom is -0.346 e. The standard InChI is InChI=1S/C12H19N3O2/c1-9(2)10(7-13)12(17)14-8-11(16)15-5-3-4-6-15/h9-10H,3-6,8H2,1-2H3,(H,14,17). The highest BCUT2D eigenvalue weighted by Gasteiger charge is 2.23. The maximum atomic E-state index is 11.7. The van der Waals surface area contributed by atoms with Gasteiger partial charge in [0.05, 0.1) is 12.6 Å². The van der Waals surface area contributed by atoms with E-state index in [0.29, 0.717) is 0 Å². The Morgan fingerprint density at radius 3 is 2.41 bits per heavy atom. The molecule has 1 N–H and O–H groups in total. The molecule has 1 atom stereocenters. The summed E-state index contributed by atoms with van der Waals surface area (Å²) in [5.41, 5.74) is 0. The Hall–Kier alpha value is -1.57. The average Bonchev–Trinajstić information content (AvgIpc) is 2.79. The highest BCUT2D eigenvalue weighted by atomic mass is 16.2. The van der Waals surface area contributed by atoms with E-state index in [2.05, 4.69) is 5.32 Å². The summed E-state index contributed by atoms with van der Waals surface area (Å²) in [5, 5.41) is 11.4. The Labute approximate surface area is 102 Å². The molecule has 0 aromatic rings. The van der Waals surface area contributed by atoms with Crippen LogP contribution in [0.1, 0.15) is 26.7 Å². The first kappa shape index (κ1) is 13.5. The van der Waals surface area contributed by atoms with E-state index in [0.717, 1.165) is 25.9 Å². The third-order valence-corrected chi connectivity index (χ3v) is 2.96. The summed E-state index contributed by atoms with van der Waals surface area (Å²) in [6.45, 7) is 5.19. The molecule has 1 heterocycles. The highest BCUT2D eigenvalue weighted by Crippen LogP contribution is 2.10. The third-order valence-electron chi connectivity index (χ3n) is 2.96. The zero-order valence-corrected chi connectivity index (χ0v) is 10.4. The number of nitrogens with zero attached hydrogens (tertiary/aromatic N) is 2. The Balaban J connectivity index is 2.37. The van der Waals surface area contributed by atoms with Crippen molar-refractivity contribution in [1.82, 2.24) is 10.2 Å². The first-order valence-corrected chi connectivity index (χ1v) is 6.01. The summed E-state index contributed by atoms with van der Waals surface area (Å²) in [4.78, 5) is 25.0. The highest BCUT2D eigenvalue weighted by molar-refractivity contribution is 5.87. The molecular weight excluding hydrogens is 218 g/mol. The molecule has 0 bridgehead atoms. The van der Waals surface area contributed by atoms with Gasteiger partial charge in [-0.2, -0.15) is 5.26 Å². The van der Waals surface area contributed by atoms with Gasteiger partial charge in [0.25, 0.3) is 0 Å². The molecule has 0 aromatic heterocycles. The third kappa shape index (κ3) is 3.74. The van der Waals surface area contributed by atoms with Crippen LogP contribution in [-0.4, -0.2) is 36.3 Å². The molecule has 5 heteroatoms. The molecule has 0 aliphatic carbocycles. The van der Waals surface area contributed by atoms with E-state index < -0.39 is 5.92 Å². The number of nitrogens with one attached hydrogen (secondary N) is 1. The molecule has 0 saturated carbocycles. The van der Waals surface area contributed by atoms with Crippen molar-refractivity contribution in [3.63, 3.8) is 0 Å². The van der Waals surface area contributed by atoms with Crippen molar-refractivity contribution in [2.45, 2.75) is 26.7 Å². The molecular formula is C12H19N3O2. The predicted octanol–water partition coefficient (Wildman–Crippen LogP) is 0.521.